The molecule has 1 heterocycles. The van der Waals surface area contributed by atoms with E-state index < -0.39 is 52.9 Å². The van der Waals surface area contributed by atoms with E-state index in [1.807, 2.05) is 24.3 Å². The number of carbonyl (C=O) groups excluding carboxylic acids is 2. The number of amides is 2. The summed E-state index contributed by atoms with van der Waals surface area (Å²) in [5, 5.41) is 15.2. The average Bonchev–Trinajstić information content (AvgIpc) is 3.49. The summed E-state index contributed by atoms with van der Waals surface area (Å²) < 4.78 is 55.8. The van der Waals surface area contributed by atoms with Gasteiger partial charge in [0.05, 0.1) is 28.7 Å². The Morgan fingerprint density at radius 2 is 1.59 bits per heavy atom. The number of piperidine rings is 1. The summed E-state index contributed by atoms with van der Waals surface area (Å²) in [5.74, 6) is -4.54. The van der Waals surface area contributed by atoms with E-state index in [0.717, 1.165) is 43.5 Å². The normalized spacial score (nSPS) is 19.1. The van der Waals surface area contributed by atoms with Crippen molar-refractivity contribution in [1.82, 2.24) is 4.90 Å². The molecule has 11 heteroatoms. The number of anilines is 2. The maximum Gasteiger partial charge on any atom is 0.417 e. The van der Waals surface area contributed by atoms with Crippen molar-refractivity contribution in [2.75, 3.05) is 17.2 Å². The molecule has 5 rings (SSSR count). The van der Waals surface area contributed by atoms with E-state index in [0.29, 0.717) is 36.1 Å². The number of nitrogens with one attached hydrogen (secondary N) is 2. The highest BCUT2D eigenvalue weighted by Gasteiger charge is 2.41. The monoisotopic (exact) mass is 611 g/mol. The van der Waals surface area contributed by atoms with Gasteiger partial charge in [0.1, 0.15) is 5.82 Å². The predicted octanol–water partition coefficient (Wildman–Crippen LogP) is 7.44. The van der Waals surface area contributed by atoms with Crippen molar-refractivity contribution in [2.45, 2.75) is 63.7 Å². The van der Waals surface area contributed by atoms with Crippen molar-refractivity contribution in [2.24, 2.45) is 5.92 Å². The number of halogens is 4. The predicted molar refractivity (Wildman–Crippen MR) is 157 cm³/mol. The van der Waals surface area contributed by atoms with Crippen LogP contribution in [0.1, 0.15) is 82.0 Å². The van der Waals surface area contributed by atoms with Crippen LogP contribution in [0.15, 0.2) is 60.7 Å². The number of hydrogen-bond donors (Lipinski definition) is 3. The van der Waals surface area contributed by atoms with E-state index in [1.165, 1.54) is 17.0 Å². The lowest BCUT2D eigenvalue weighted by molar-refractivity contribution is -0.138. The first-order valence-corrected chi connectivity index (χ1v) is 14.6. The van der Waals surface area contributed by atoms with Gasteiger partial charge in [-0.2, -0.15) is 13.2 Å². The lowest BCUT2D eigenvalue weighted by Gasteiger charge is -2.41. The van der Waals surface area contributed by atoms with Crippen molar-refractivity contribution < 1.29 is 37.1 Å². The van der Waals surface area contributed by atoms with Crippen molar-refractivity contribution in [1.29, 1.82) is 0 Å². The third kappa shape index (κ3) is 6.56. The topological polar surface area (TPSA) is 98.7 Å². The Balaban J connectivity index is 1.49. The number of benzene rings is 3. The molecule has 232 valence electrons. The van der Waals surface area contributed by atoms with Crippen LogP contribution in [0, 0.1) is 18.7 Å². The van der Waals surface area contributed by atoms with Gasteiger partial charge in [0.15, 0.2) is 0 Å². The number of hydrogen-bond acceptors (Lipinski definition) is 4. The molecule has 0 radical (unpaired) electrons. The number of likely N-dealkylation sites (tertiary alicyclic amines) is 1. The first-order chi connectivity index (χ1) is 20.9. The largest absolute Gasteiger partial charge is 0.478 e. The van der Waals surface area contributed by atoms with Crippen LogP contribution in [-0.4, -0.2) is 40.4 Å². The van der Waals surface area contributed by atoms with Crippen LogP contribution in [-0.2, 0) is 11.0 Å². The third-order valence-electron chi connectivity index (χ3n) is 8.47. The van der Waals surface area contributed by atoms with Crippen LogP contribution in [0.25, 0.3) is 0 Å². The van der Waals surface area contributed by atoms with E-state index in [-0.39, 0.29) is 17.8 Å². The smallest absolute Gasteiger partial charge is 0.417 e. The van der Waals surface area contributed by atoms with Gasteiger partial charge in [-0.1, -0.05) is 37.1 Å². The molecule has 1 saturated carbocycles. The minimum Gasteiger partial charge on any atom is -0.478 e. The van der Waals surface area contributed by atoms with Crippen LogP contribution in [0.5, 0.6) is 0 Å². The number of carboxylic acids is 1. The van der Waals surface area contributed by atoms with E-state index >= 15 is 0 Å². The minimum absolute atomic E-state index is 0.0999. The zero-order chi connectivity index (χ0) is 31.6. The highest BCUT2D eigenvalue weighted by molar-refractivity contribution is 5.98. The van der Waals surface area contributed by atoms with Crippen LogP contribution >= 0.6 is 0 Å². The first-order valence-electron chi connectivity index (χ1n) is 14.6. The molecule has 0 aromatic heterocycles. The Labute approximate surface area is 252 Å². The van der Waals surface area contributed by atoms with Crippen LogP contribution in [0.4, 0.5) is 28.9 Å². The number of rotatable bonds is 7. The summed E-state index contributed by atoms with van der Waals surface area (Å²) in [6.07, 6.45) is 0.214. The molecule has 0 spiro atoms. The van der Waals surface area contributed by atoms with Gasteiger partial charge in [-0.25, -0.2) is 9.18 Å². The molecule has 44 heavy (non-hydrogen) atoms. The van der Waals surface area contributed by atoms with Gasteiger partial charge in [0.2, 0.25) is 5.91 Å². The second kappa shape index (κ2) is 12.7. The van der Waals surface area contributed by atoms with Crippen molar-refractivity contribution in [3.63, 3.8) is 0 Å². The molecule has 7 nitrogen and oxygen atoms in total. The molecule has 2 aliphatic rings. The standard InChI is InChI=1S/C33H33F4N3O4/c1-19-6-4-10-27(34)28(19)31(42)40-17-5-9-25(29(40)20-11-13-22(14-12-20)38-21-7-2-3-8-21)30(41)39-23-15-16-24(32(43)44)26(18-23)33(35,36)37/h4,6,10-16,18,21,25,29,38H,2-3,5,7-9,17H2,1H3,(H,39,41)(H,43,44)/t25-,29-/m0/s1. The van der Waals surface area contributed by atoms with Gasteiger partial charge < -0.3 is 20.6 Å². The van der Waals surface area contributed by atoms with Crippen LogP contribution in [0.3, 0.4) is 0 Å². The number of nitrogens with zero attached hydrogens (tertiary/aromatic N) is 1. The molecule has 1 aliphatic carbocycles. The van der Waals surface area contributed by atoms with Crippen molar-refractivity contribution in [3.05, 3.63) is 94.3 Å². The molecular weight excluding hydrogens is 578 g/mol. The van der Waals surface area contributed by atoms with Gasteiger partial charge in [-0.3, -0.25) is 9.59 Å². The van der Waals surface area contributed by atoms with E-state index in [9.17, 15) is 37.1 Å². The maximum atomic E-state index is 14.9. The molecule has 2 fully saturated rings. The quantitative estimate of drug-likeness (QED) is 0.241. The Morgan fingerprint density at radius 3 is 2.23 bits per heavy atom. The molecular formula is C33H33F4N3O4. The number of aryl methyl sites for hydroxylation is 1. The Hall–Kier alpha value is -4.41. The lowest BCUT2D eigenvalue weighted by Crippen LogP contribution is -2.46. The lowest BCUT2D eigenvalue weighted by atomic mass is 9.83. The van der Waals surface area contributed by atoms with Gasteiger partial charge >= 0.3 is 12.1 Å². The Morgan fingerprint density at radius 1 is 0.909 bits per heavy atom. The van der Waals surface area contributed by atoms with E-state index in [1.54, 1.807) is 13.0 Å². The summed E-state index contributed by atoms with van der Waals surface area (Å²) in [6.45, 7) is 1.87. The SMILES string of the molecule is Cc1cccc(F)c1C(=O)N1CCC[C@H](C(=O)Nc2ccc(C(=O)O)c(C(F)(F)F)c2)[C@@H]1c1ccc(NC2CCCC2)cc1. The maximum absolute atomic E-state index is 14.9. The fourth-order valence-corrected chi connectivity index (χ4v) is 6.32. The minimum atomic E-state index is -4.96. The summed E-state index contributed by atoms with van der Waals surface area (Å²) >= 11 is 0. The number of carboxylic acid groups (broad SMARTS) is 1. The molecule has 1 aliphatic heterocycles. The highest BCUT2D eigenvalue weighted by Crippen LogP contribution is 2.40. The molecule has 0 unspecified atom stereocenters. The van der Waals surface area contributed by atoms with Gasteiger partial charge in [0.25, 0.3) is 5.91 Å². The number of aromatic carboxylic acids is 1. The van der Waals surface area contributed by atoms with Gasteiger partial charge in [-0.05, 0) is 80.1 Å². The van der Waals surface area contributed by atoms with Crippen molar-refractivity contribution in [3.8, 4) is 0 Å². The summed E-state index contributed by atoms with van der Waals surface area (Å²) in [4.78, 5) is 40.4. The zero-order valence-corrected chi connectivity index (χ0v) is 24.1. The third-order valence-corrected chi connectivity index (χ3v) is 8.47. The fourth-order valence-electron chi connectivity index (χ4n) is 6.32. The first kappa shape index (κ1) is 31.0. The summed E-state index contributed by atoms with van der Waals surface area (Å²) in [7, 11) is 0. The Kier molecular flexibility index (Phi) is 8.94. The summed E-state index contributed by atoms with van der Waals surface area (Å²) in [5.41, 5.74) is -0.697. The highest BCUT2D eigenvalue weighted by atomic mass is 19.4. The van der Waals surface area contributed by atoms with Crippen LogP contribution in [0.2, 0.25) is 0 Å². The van der Waals surface area contributed by atoms with E-state index in [2.05, 4.69) is 10.6 Å². The molecule has 1 saturated heterocycles. The summed E-state index contributed by atoms with van der Waals surface area (Å²) in [6, 6.07) is 13.7. The number of carbonyl (C=O) groups is 3. The van der Waals surface area contributed by atoms with Crippen molar-refractivity contribution >= 4 is 29.2 Å². The fraction of sp³-hybridized carbons (Fsp3) is 0.364. The average molecular weight is 612 g/mol. The molecule has 3 aromatic rings. The molecule has 0 bridgehead atoms. The molecule has 2 atom stereocenters. The second-order valence-electron chi connectivity index (χ2n) is 11.4. The van der Waals surface area contributed by atoms with E-state index in [4.69, 9.17) is 0 Å². The Bertz CT molecular complexity index is 1530. The molecule has 3 N–H and O–H groups in total. The zero-order valence-electron chi connectivity index (χ0n) is 24.1. The van der Waals surface area contributed by atoms with Gasteiger partial charge in [-0.15, -0.1) is 0 Å². The second-order valence-corrected chi connectivity index (χ2v) is 11.4. The molecule has 2 amide bonds. The molecule has 3 aromatic carbocycles. The number of alkyl halides is 3. The van der Waals surface area contributed by atoms with Gasteiger partial charge in [0, 0.05) is 24.0 Å². The van der Waals surface area contributed by atoms with Crippen LogP contribution < -0.4 is 10.6 Å².